The van der Waals surface area contributed by atoms with Gasteiger partial charge in [-0.05, 0) is 59.0 Å². The smallest absolute Gasteiger partial charge is 0.234 e. The van der Waals surface area contributed by atoms with Gasteiger partial charge in [-0.1, -0.05) is 6.07 Å². The van der Waals surface area contributed by atoms with Crippen LogP contribution in [0.3, 0.4) is 0 Å². The number of benzene rings is 1. The highest BCUT2D eigenvalue weighted by Gasteiger charge is 2.03. The van der Waals surface area contributed by atoms with Gasteiger partial charge >= 0.3 is 0 Å². The number of aromatic nitrogens is 1. The van der Waals surface area contributed by atoms with Crippen molar-refractivity contribution >= 4 is 45.9 Å². The average molecular weight is 384 g/mol. The van der Waals surface area contributed by atoms with E-state index in [0.29, 0.717) is 5.75 Å². The summed E-state index contributed by atoms with van der Waals surface area (Å²) >= 11 is 3.80. The average Bonchev–Trinajstić information content (AvgIpc) is 2.43. The van der Waals surface area contributed by atoms with E-state index in [1.165, 1.54) is 0 Å². The van der Waals surface area contributed by atoms with Gasteiger partial charge in [-0.15, -0.1) is 11.8 Å². The van der Waals surface area contributed by atoms with Crippen LogP contribution in [-0.2, 0) is 10.5 Å². The molecule has 0 unspecified atom stereocenters. The summed E-state index contributed by atoms with van der Waals surface area (Å²) in [5, 5.41) is 2.87. The number of pyridine rings is 1. The van der Waals surface area contributed by atoms with Gasteiger partial charge in [0, 0.05) is 21.2 Å². The molecule has 0 spiro atoms. The number of anilines is 1. The Balaban J connectivity index is 1.74. The van der Waals surface area contributed by atoms with E-state index in [4.69, 9.17) is 0 Å². The first-order chi connectivity index (χ1) is 9.24. The second kappa shape index (κ2) is 7.49. The van der Waals surface area contributed by atoms with Gasteiger partial charge in [-0.2, -0.15) is 0 Å². The summed E-state index contributed by atoms with van der Waals surface area (Å²) in [6.45, 7) is 0. The predicted octanol–water partition coefficient (Wildman–Crippen LogP) is 3.56. The Hall–Kier alpha value is -1.08. The molecule has 1 heterocycles. The molecule has 0 atom stereocenters. The van der Waals surface area contributed by atoms with Crippen LogP contribution in [-0.4, -0.2) is 16.6 Å². The van der Waals surface area contributed by atoms with Gasteiger partial charge in [0.05, 0.1) is 11.4 Å². The summed E-state index contributed by atoms with van der Waals surface area (Å²) in [6, 6.07) is 13.6. The second-order valence-corrected chi connectivity index (χ2v) is 6.10. The molecule has 1 aromatic heterocycles. The normalized spacial score (nSPS) is 10.2. The van der Waals surface area contributed by atoms with Crippen molar-refractivity contribution in [2.75, 3.05) is 11.1 Å². The van der Waals surface area contributed by atoms with Gasteiger partial charge in [-0.25, -0.2) is 0 Å². The molecule has 1 N–H and O–H groups in total. The number of rotatable bonds is 5. The minimum Gasteiger partial charge on any atom is -0.325 e. The van der Waals surface area contributed by atoms with Crippen molar-refractivity contribution in [2.45, 2.75) is 5.75 Å². The van der Waals surface area contributed by atoms with E-state index < -0.39 is 0 Å². The maximum atomic E-state index is 11.7. The van der Waals surface area contributed by atoms with Crippen LogP contribution in [0.15, 0.2) is 48.7 Å². The fraction of sp³-hybridized carbons (Fsp3) is 0.143. The van der Waals surface area contributed by atoms with Crippen LogP contribution in [0.1, 0.15) is 5.69 Å². The molecule has 5 heteroatoms. The molecule has 2 aromatic rings. The maximum absolute atomic E-state index is 11.7. The monoisotopic (exact) mass is 384 g/mol. The van der Waals surface area contributed by atoms with E-state index in [9.17, 15) is 4.79 Å². The molecule has 0 aliphatic carbocycles. The zero-order chi connectivity index (χ0) is 13.5. The molecule has 19 heavy (non-hydrogen) atoms. The lowest BCUT2D eigenvalue weighted by Gasteiger charge is -2.05. The number of nitrogens with one attached hydrogen (secondary N) is 1. The zero-order valence-corrected chi connectivity index (χ0v) is 13.1. The third-order valence-electron chi connectivity index (χ3n) is 2.34. The van der Waals surface area contributed by atoms with Crippen LogP contribution in [0.2, 0.25) is 0 Å². The van der Waals surface area contributed by atoms with Crippen molar-refractivity contribution in [1.29, 1.82) is 0 Å². The highest BCUT2D eigenvalue weighted by atomic mass is 127. The first-order valence-electron chi connectivity index (χ1n) is 5.77. The molecule has 2 rings (SSSR count). The van der Waals surface area contributed by atoms with Crippen molar-refractivity contribution in [3.63, 3.8) is 0 Å². The summed E-state index contributed by atoms with van der Waals surface area (Å²) in [4.78, 5) is 15.9. The van der Waals surface area contributed by atoms with Crippen molar-refractivity contribution in [1.82, 2.24) is 4.98 Å². The third kappa shape index (κ3) is 5.20. The van der Waals surface area contributed by atoms with Crippen LogP contribution in [0, 0.1) is 3.57 Å². The molecule has 0 bridgehead atoms. The minimum atomic E-state index is 0.0159. The maximum Gasteiger partial charge on any atom is 0.234 e. The molecule has 0 aliphatic heterocycles. The Morgan fingerprint density at radius 1 is 1.21 bits per heavy atom. The number of carbonyl (C=O) groups excluding carboxylic acids is 1. The number of halogens is 1. The molecule has 1 aromatic carbocycles. The van der Waals surface area contributed by atoms with Crippen molar-refractivity contribution in [3.8, 4) is 0 Å². The standard InChI is InChI=1S/C14H13IN2OS/c15-11-4-6-12(7-5-11)17-14(18)10-19-9-13-3-1-2-8-16-13/h1-8H,9-10H2,(H,17,18). The largest absolute Gasteiger partial charge is 0.325 e. The van der Waals surface area contributed by atoms with E-state index in [0.717, 1.165) is 20.7 Å². The number of carbonyl (C=O) groups is 1. The van der Waals surface area contributed by atoms with Crippen LogP contribution in [0.25, 0.3) is 0 Å². The fourth-order valence-electron chi connectivity index (χ4n) is 1.46. The Morgan fingerprint density at radius 3 is 2.68 bits per heavy atom. The number of hydrogen-bond acceptors (Lipinski definition) is 3. The molecular formula is C14H13IN2OS. The van der Waals surface area contributed by atoms with Crippen molar-refractivity contribution in [3.05, 3.63) is 57.9 Å². The Morgan fingerprint density at radius 2 is 2.00 bits per heavy atom. The van der Waals surface area contributed by atoms with Gasteiger partial charge in [0.1, 0.15) is 0 Å². The molecule has 0 fully saturated rings. The molecular weight excluding hydrogens is 371 g/mol. The SMILES string of the molecule is O=C(CSCc1ccccn1)Nc1ccc(I)cc1. The summed E-state index contributed by atoms with van der Waals surface area (Å²) in [5.74, 6) is 1.20. The fourth-order valence-corrected chi connectivity index (χ4v) is 2.56. The minimum absolute atomic E-state index is 0.0159. The van der Waals surface area contributed by atoms with Crippen LogP contribution in [0.4, 0.5) is 5.69 Å². The molecule has 3 nitrogen and oxygen atoms in total. The van der Waals surface area contributed by atoms with E-state index in [1.54, 1.807) is 18.0 Å². The first-order valence-corrected chi connectivity index (χ1v) is 8.00. The molecule has 1 amide bonds. The number of nitrogens with zero attached hydrogens (tertiary/aromatic N) is 1. The first kappa shape index (κ1) is 14.3. The summed E-state index contributed by atoms with van der Waals surface area (Å²) in [5.41, 5.74) is 1.83. The second-order valence-electron chi connectivity index (χ2n) is 3.87. The van der Waals surface area contributed by atoms with Crippen molar-refractivity contribution in [2.24, 2.45) is 0 Å². The summed E-state index contributed by atoms with van der Waals surface area (Å²) in [7, 11) is 0. The van der Waals surface area contributed by atoms with Crippen LogP contribution in [0.5, 0.6) is 0 Å². The Bertz CT molecular complexity index is 531. The highest BCUT2D eigenvalue weighted by Crippen LogP contribution is 2.13. The van der Waals surface area contributed by atoms with Crippen LogP contribution >= 0.6 is 34.4 Å². The Kier molecular flexibility index (Phi) is 5.65. The lowest BCUT2D eigenvalue weighted by atomic mass is 10.3. The molecule has 0 saturated heterocycles. The summed E-state index contributed by atoms with van der Waals surface area (Å²) < 4.78 is 1.15. The van der Waals surface area contributed by atoms with Crippen molar-refractivity contribution < 1.29 is 4.79 Å². The topological polar surface area (TPSA) is 42.0 Å². The van der Waals surface area contributed by atoms with Gasteiger partial charge in [0.25, 0.3) is 0 Å². The molecule has 0 saturated carbocycles. The van der Waals surface area contributed by atoms with Gasteiger partial charge in [-0.3, -0.25) is 9.78 Å². The van der Waals surface area contributed by atoms with E-state index in [-0.39, 0.29) is 5.91 Å². The van der Waals surface area contributed by atoms with Gasteiger partial charge < -0.3 is 5.32 Å². The molecule has 98 valence electrons. The Labute approximate surface area is 130 Å². The number of amides is 1. The third-order valence-corrected chi connectivity index (χ3v) is 4.02. The quantitative estimate of drug-likeness (QED) is 0.802. The number of thioether (sulfide) groups is 1. The lowest BCUT2D eigenvalue weighted by Crippen LogP contribution is -2.14. The molecule has 0 aliphatic rings. The number of hydrogen-bond donors (Lipinski definition) is 1. The van der Waals surface area contributed by atoms with E-state index in [1.807, 2.05) is 42.5 Å². The van der Waals surface area contributed by atoms with Crippen LogP contribution < -0.4 is 5.32 Å². The zero-order valence-electron chi connectivity index (χ0n) is 10.2. The molecule has 0 radical (unpaired) electrons. The van der Waals surface area contributed by atoms with E-state index >= 15 is 0 Å². The van der Waals surface area contributed by atoms with Gasteiger partial charge in [0.2, 0.25) is 5.91 Å². The van der Waals surface area contributed by atoms with E-state index in [2.05, 4.69) is 32.9 Å². The van der Waals surface area contributed by atoms with Gasteiger partial charge in [0.15, 0.2) is 0 Å². The predicted molar refractivity (Wildman–Crippen MR) is 88.2 cm³/mol. The lowest BCUT2D eigenvalue weighted by molar-refractivity contribution is -0.113. The summed E-state index contributed by atoms with van der Waals surface area (Å²) in [6.07, 6.45) is 1.77. The highest BCUT2D eigenvalue weighted by molar-refractivity contribution is 14.1.